The van der Waals surface area contributed by atoms with Crippen LogP contribution in [0.3, 0.4) is 0 Å². The lowest BCUT2D eigenvalue weighted by Gasteiger charge is -2.25. The number of aliphatic hydroxyl groups is 1. The molecule has 0 aliphatic rings. The highest BCUT2D eigenvalue weighted by molar-refractivity contribution is 5.62. The van der Waals surface area contributed by atoms with Crippen molar-refractivity contribution in [2.75, 3.05) is 26.0 Å². The highest BCUT2D eigenvalue weighted by atomic mass is 16.6. The third-order valence-electron chi connectivity index (χ3n) is 2.64. The van der Waals surface area contributed by atoms with Gasteiger partial charge >= 0.3 is 0 Å². The first kappa shape index (κ1) is 15.4. The summed E-state index contributed by atoms with van der Waals surface area (Å²) in [5, 5.41) is 23.5. The smallest absolute Gasteiger partial charge is 0.292 e. The van der Waals surface area contributed by atoms with E-state index >= 15 is 0 Å². The van der Waals surface area contributed by atoms with Gasteiger partial charge in [-0.05, 0) is 32.5 Å². The van der Waals surface area contributed by atoms with Crippen molar-refractivity contribution in [1.82, 2.24) is 4.90 Å². The van der Waals surface area contributed by atoms with Gasteiger partial charge in [0, 0.05) is 26.2 Å². The number of nitro benzene ring substituents is 1. The van der Waals surface area contributed by atoms with Crippen molar-refractivity contribution in [2.45, 2.75) is 26.0 Å². The van der Waals surface area contributed by atoms with Gasteiger partial charge in [0.25, 0.3) is 5.69 Å². The summed E-state index contributed by atoms with van der Waals surface area (Å²) < 4.78 is 0. The third-order valence-corrected chi connectivity index (χ3v) is 2.64. The molecule has 1 aromatic rings. The van der Waals surface area contributed by atoms with E-state index in [1.165, 1.54) is 0 Å². The lowest BCUT2D eigenvalue weighted by Crippen LogP contribution is -2.35. The highest BCUT2D eigenvalue weighted by Gasteiger charge is 2.17. The Morgan fingerprint density at radius 1 is 1.47 bits per heavy atom. The summed E-state index contributed by atoms with van der Waals surface area (Å²) in [5.41, 5.74) is 0.624. The average molecular weight is 267 g/mol. The molecule has 0 saturated heterocycles. The molecule has 19 heavy (non-hydrogen) atoms. The predicted molar refractivity (Wildman–Crippen MR) is 75.3 cm³/mol. The Morgan fingerprint density at radius 3 is 2.58 bits per heavy atom. The fourth-order valence-electron chi connectivity index (χ4n) is 2.07. The second kappa shape index (κ2) is 5.99. The molecular formula is C13H21N3O3. The Bertz CT molecular complexity index is 455. The van der Waals surface area contributed by atoms with Crippen molar-refractivity contribution < 1.29 is 10.0 Å². The lowest BCUT2D eigenvalue weighted by atomic mass is 10.1. The molecule has 0 fully saturated rings. The van der Waals surface area contributed by atoms with E-state index in [0.29, 0.717) is 18.8 Å². The molecule has 106 valence electrons. The monoisotopic (exact) mass is 267 g/mol. The van der Waals surface area contributed by atoms with Crippen LogP contribution in [0.2, 0.25) is 0 Å². The summed E-state index contributed by atoms with van der Waals surface area (Å²) in [6, 6.07) is 5.11. The van der Waals surface area contributed by atoms with E-state index in [4.69, 9.17) is 0 Å². The van der Waals surface area contributed by atoms with Crippen molar-refractivity contribution >= 4 is 11.4 Å². The standard InChI is InChI=1S/C13H21N3O3/c1-13(2,17)9-15(4)8-10-5-6-11(14-3)12(7-10)16(18)19/h5-7,14,17H,8-9H2,1-4H3. The number of anilines is 1. The van der Waals surface area contributed by atoms with Gasteiger partial charge in [0.15, 0.2) is 0 Å². The number of nitro groups is 1. The molecule has 0 aromatic heterocycles. The third kappa shape index (κ3) is 4.84. The first-order chi connectivity index (χ1) is 8.73. The zero-order chi connectivity index (χ0) is 14.6. The van der Waals surface area contributed by atoms with Crippen LogP contribution in [0.4, 0.5) is 11.4 Å². The quantitative estimate of drug-likeness (QED) is 0.607. The molecule has 6 heteroatoms. The van der Waals surface area contributed by atoms with Gasteiger partial charge in [-0.3, -0.25) is 15.0 Å². The van der Waals surface area contributed by atoms with E-state index in [1.54, 1.807) is 33.0 Å². The van der Waals surface area contributed by atoms with Gasteiger partial charge in [-0.1, -0.05) is 6.07 Å². The molecular weight excluding hydrogens is 246 g/mol. The van der Waals surface area contributed by atoms with Gasteiger partial charge in [0.1, 0.15) is 5.69 Å². The summed E-state index contributed by atoms with van der Waals surface area (Å²) in [5.74, 6) is 0. The van der Waals surface area contributed by atoms with Crippen LogP contribution in [0.15, 0.2) is 18.2 Å². The summed E-state index contributed by atoms with van der Waals surface area (Å²) in [6.45, 7) is 4.51. The minimum atomic E-state index is -0.786. The molecule has 0 unspecified atom stereocenters. The maximum absolute atomic E-state index is 11.0. The van der Waals surface area contributed by atoms with E-state index < -0.39 is 10.5 Å². The SMILES string of the molecule is CNc1ccc(CN(C)CC(C)(C)O)cc1[N+](=O)[O-]. The largest absolute Gasteiger partial charge is 0.389 e. The van der Waals surface area contributed by atoms with Crippen LogP contribution in [-0.4, -0.2) is 41.2 Å². The van der Waals surface area contributed by atoms with Crippen LogP contribution in [0.25, 0.3) is 0 Å². The van der Waals surface area contributed by atoms with Crippen molar-refractivity contribution in [1.29, 1.82) is 0 Å². The van der Waals surface area contributed by atoms with Crippen LogP contribution in [0.5, 0.6) is 0 Å². The van der Waals surface area contributed by atoms with Gasteiger partial charge in [0.05, 0.1) is 10.5 Å². The van der Waals surface area contributed by atoms with Crippen molar-refractivity contribution in [3.63, 3.8) is 0 Å². The Hall–Kier alpha value is -1.66. The minimum Gasteiger partial charge on any atom is -0.389 e. The Balaban J connectivity index is 2.85. The molecule has 0 amide bonds. The molecule has 2 N–H and O–H groups in total. The predicted octanol–water partition coefficient (Wildman–Crippen LogP) is 1.84. The Morgan fingerprint density at radius 2 is 2.11 bits per heavy atom. The van der Waals surface area contributed by atoms with Crippen LogP contribution in [-0.2, 0) is 6.54 Å². The molecule has 1 rings (SSSR count). The summed E-state index contributed by atoms with van der Waals surface area (Å²) in [4.78, 5) is 12.5. The molecule has 0 heterocycles. The molecule has 6 nitrogen and oxygen atoms in total. The van der Waals surface area contributed by atoms with Gasteiger partial charge < -0.3 is 10.4 Å². The number of hydrogen-bond donors (Lipinski definition) is 2. The van der Waals surface area contributed by atoms with Gasteiger partial charge in [-0.2, -0.15) is 0 Å². The summed E-state index contributed by atoms with van der Waals surface area (Å²) >= 11 is 0. The first-order valence-electron chi connectivity index (χ1n) is 6.09. The molecule has 0 saturated carbocycles. The van der Waals surface area contributed by atoms with E-state index in [-0.39, 0.29) is 5.69 Å². The zero-order valence-electron chi connectivity index (χ0n) is 11.8. The molecule has 0 radical (unpaired) electrons. The maximum Gasteiger partial charge on any atom is 0.292 e. The van der Waals surface area contributed by atoms with Crippen LogP contribution in [0.1, 0.15) is 19.4 Å². The van der Waals surface area contributed by atoms with E-state index in [1.807, 2.05) is 18.0 Å². The molecule has 1 aromatic carbocycles. The van der Waals surface area contributed by atoms with Crippen molar-refractivity contribution in [3.8, 4) is 0 Å². The molecule has 0 bridgehead atoms. The Kier molecular flexibility index (Phi) is 4.85. The highest BCUT2D eigenvalue weighted by Crippen LogP contribution is 2.25. The lowest BCUT2D eigenvalue weighted by molar-refractivity contribution is -0.384. The fourth-order valence-corrected chi connectivity index (χ4v) is 2.07. The minimum absolute atomic E-state index is 0.0664. The second-order valence-corrected chi connectivity index (χ2v) is 5.34. The zero-order valence-corrected chi connectivity index (χ0v) is 11.8. The number of rotatable bonds is 6. The van der Waals surface area contributed by atoms with E-state index in [2.05, 4.69) is 5.32 Å². The van der Waals surface area contributed by atoms with Gasteiger partial charge in [-0.25, -0.2) is 0 Å². The average Bonchev–Trinajstić information content (AvgIpc) is 2.26. The molecule has 0 atom stereocenters. The topological polar surface area (TPSA) is 78.6 Å². The second-order valence-electron chi connectivity index (χ2n) is 5.34. The number of hydrogen-bond acceptors (Lipinski definition) is 5. The van der Waals surface area contributed by atoms with Crippen molar-refractivity contribution in [3.05, 3.63) is 33.9 Å². The normalized spacial score (nSPS) is 11.7. The van der Waals surface area contributed by atoms with E-state index in [9.17, 15) is 15.2 Å². The van der Waals surface area contributed by atoms with Crippen molar-refractivity contribution in [2.24, 2.45) is 0 Å². The van der Waals surface area contributed by atoms with Gasteiger partial charge in [0.2, 0.25) is 0 Å². The number of nitrogens with one attached hydrogen (secondary N) is 1. The van der Waals surface area contributed by atoms with E-state index in [0.717, 1.165) is 5.56 Å². The Labute approximate surface area is 113 Å². The molecule has 0 spiro atoms. The van der Waals surface area contributed by atoms with Crippen LogP contribution in [0, 0.1) is 10.1 Å². The summed E-state index contributed by atoms with van der Waals surface area (Å²) in [7, 11) is 3.53. The maximum atomic E-state index is 11.0. The fraction of sp³-hybridized carbons (Fsp3) is 0.538. The number of benzene rings is 1. The molecule has 0 aliphatic heterocycles. The summed E-state index contributed by atoms with van der Waals surface area (Å²) in [6.07, 6.45) is 0. The number of likely N-dealkylation sites (N-methyl/N-ethyl adjacent to an activating group) is 1. The molecule has 0 aliphatic carbocycles. The van der Waals surface area contributed by atoms with Crippen LogP contribution < -0.4 is 5.32 Å². The first-order valence-corrected chi connectivity index (χ1v) is 6.09. The van der Waals surface area contributed by atoms with Gasteiger partial charge in [-0.15, -0.1) is 0 Å². The number of nitrogens with zero attached hydrogens (tertiary/aromatic N) is 2. The van der Waals surface area contributed by atoms with Crippen LogP contribution >= 0.6 is 0 Å².